The van der Waals surface area contributed by atoms with Gasteiger partial charge in [-0.1, -0.05) is 155 Å². The Morgan fingerprint density at radius 2 is 0.677 bits per heavy atom. The molecule has 6 unspecified atom stereocenters. The quantitative estimate of drug-likeness (QED) is 0.00992. The van der Waals surface area contributed by atoms with Gasteiger partial charge >= 0.3 is 17.9 Å². The summed E-state index contributed by atoms with van der Waals surface area (Å²) in [7, 11) is 1.38. The molecule has 0 aliphatic heterocycles. The number of amides is 6. The Morgan fingerprint density at radius 3 is 0.984 bits per heavy atom. The number of nitrogens with one attached hydrogen (secondary N) is 6. The number of carbonyl (C=O) groups excluding carboxylic acids is 8. The number of hydrogen-bond acceptors (Lipinski definition) is 14. The van der Waals surface area contributed by atoms with E-state index in [9.17, 15) is 47.9 Å². The largest absolute Gasteiger partial charge is 0.481 e. The summed E-state index contributed by atoms with van der Waals surface area (Å²) in [4.78, 5) is 115. The molecule has 124 heavy (non-hydrogen) atoms. The molecule has 6 atom stereocenters. The molecule has 10 N–H and O–H groups in total. The lowest BCUT2D eigenvalue weighted by Crippen LogP contribution is -2.34. The van der Waals surface area contributed by atoms with E-state index >= 15 is 0 Å². The predicted molar refractivity (Wildman–Crippen MR) is 491 cm³/mol. The molecule has 0 aliphatic rings. The number of carboxylic acids is 2. The SMILES string of the molecule is CCC(=O)CCC/C=C\c1cccc(C(=O)NC(C)CO)c1.CCC(C)NC(=O)c1cccc(C#CCCC(=O)O)c1.CCC(C)NC(=O)c1cccc(C#CCCCC#N)c1.CCC(C)NC(=O)c1cccc(C#CCCCC(=O)O)c1.CCC(C)NC(=O)c1cccc(C#CCCCC(=O)OC)c1.CCC(C)NC(=O)c1cccc(C#CCCCO)c1. The van der Waals surface area contributed by atoms with Gasteiger partial charge in [-0.15, -0.1) is 0 Å². The van der Waals surface area contributed by atoms with Gasteiger partial charge in [0.05, 0.1) is 26.2 Å². The van der Waals surface area contributed by atoms with Crippen LogP contribution in [0.3, 0.4) is 0 Å². The van der Waals surface area contributed by atoms with E-state index in [0.717, 1.165) is 79.2 Å². The molecule has 22 nitrogen and oxygen atoms in total. The van der Waals surface area contributed by atoms with E-state index in [0.29, 0.717) is 122 Å². The topological polar surface area (TPSA) is 357 Å². The lowest BCUT2D eigenvalue weighted by atomic mass is 10.1. The van der Waals surface area contributed by atoms with Gasteiger partial charge in [0.1, 0.15) is 5.78 Å². The number of aliphatic carboxylic acids is 2. The number of unbranched alkanes of at least 4 members (excludes halogenated alkanes) is 6. The molecule has 6 aromatic rings. The number of carbonyl (C=O) groups is 10. The number of ether oxygens (including phenoxy) is 1. The van der Waals surface area contributed by atoms with E-state index in [4.69, 9.17) is 25.7 Å². The van der Waals surface area contributed by atoms with Crippen LogP contribution >= 0.6 is 0 Å². The Kier molecular flexibility index (Phi) is 59.7. The molecule has 0 spiro atoms. The molecule has 22 heteroatoms. The van der Waals surface area contributed by atoms with E-state index in [1.54, 1.807) is 91.9 Å². The minimum Gasteiger partial charge on any atom is -0.481 e. The van der Waals surface area contributed by atoms with Crippen LogP contribution in [0.4, 0.5) is 0 Å². The number of ketones is 1. The van der Waals surface area contributed by atoms with Gasteiger partial charge in [0.25, 0.3) is 35.4 Å². The molecular formula is C102H129N7O15. The van der Waals surface area contributed by atoms with Gasteiger partial charge in [0, 0.05) is 168 Å². The molecule has 6 rings (SSSR count). The lowest BCUT2D eigenvalue weighted by Gasteiger charge is -2.11. The number of carboxylic acid groups (broad SMARTS) is 2. The normalized spacial score (nSPS) is 11.3. The number of benzene rings is 6. The van der Waals surface area contributed by atoms with Crippen molar-refractivity contribution in [1.29, 1.82) is 5.26 Å². The zero-order chi connectivity index (χ0) is 92.2. The first-order valence-electron chi connectivity index (χ1n) is 42.7. The second-order valence-corrected chi connectivity index (χ2v) is 29.1. The van der Waals surface area contributed by atoms with Crippen molar-refractivity contribution in [3.63, 3.8) is 0 Å². The van der Waals surface area contributed by atoms with E-state index in [-0.39, 0.29) is 104 Å². The highest BCUT2D eigenvalue weighted by atomic mass is 16.5. The second-order valence-electron chi connectivity index (χ2n) is 29.1. The van der Waals surface area contributed by atoms with Gasteiger partial charge in [-0.25, -0.2) is 0 Å². The highest BCUT2D eigenvalue weighted by molar-refractivity contribution is 5.98. The summed E-state index contributed by atoms with van der Waals surface area (Å²) in [6.07, 6.45) is 18.0. The van der Waals surface area contributed by atoms with Crippen molar-refractivity contribution < 1.29 is 73.1 Å². The fourth-order valence-corrected chi connectivity index (χ4v) is 9.85. The van der Waals surface area contributed by atoms with Crippen molar-refractivity contribution in [3.05, 3.63) is 218 Å². The first-order chi connectivity index (χ1) is 59.5. The van der Waals surface area contributed by atoms with E-state index < -0.39 is 11.9 Å². The van der Waals surface area contributed by atoms with Crippen molar-refractivity contribution in [2.75, 3.05) is 20.3 Å². The third-order valence-corrected chi connectivity index (χ3v) is 18.2. The van der Waals surface area contributed by atoms with Gasteiger partial charge in [-0.3, -0.25) is 47.9 Å². The number of aliphatic hydroxyl groups excluding tert-OH is 2. The van der Waals surface area contributed by atoms with Crippen LogP contribution in [0.15, 0.2) is 152 Å². The Balaban J connectivity index is 0.000000745. The minimum atomic E-state index is -0.860. The van der Waals surface area contributed by atoms with Crippen LogP contribution in [0.25, 0.3) is 6.08 Å². The summed E-state index contributed by atoms with van der Waals surface area (Å²) in [5, 5.41) is 60.4. The van der Waals surface area contributed by atoms with Crippen molar-refractivity contribution >= 4 is 65.2 Å². The molecular weight excluding hydrogens is 1560 g/mol. The first kappa shape index (κ1) is 109. The molecule has 0 fully saturated rings. The molecule has 662 valence electrons. The zero-order valence-electron chi connectivity index (χ0n) is 74.7. The maximum atomic E-state index is 12.0. The van der Waals surface area contributed by atoms with Crippen LogP contribution in [-0.4, -0.2) is 136 Å². The van der Waals surface area contributed by atoms with Crippen molar-refractivity contribution in [2.24, 2.45) is 0 Å². The monoisotopic (exact) mass is 1690 g/mol. The van der Waals surface area contributed by atoms with E-state index in [1.807, 2.05) is 149 Å². The van der Waals surface area contributed by atoms with Crippen LogP contribution in [-0.2, 0) is 23.9 Å². The molecule has 0 heterocycles. The van der Waals surface area contributed by atoms with Gasteiger partial charge in [0.2, 0.25) is 0 Å². The molecule has 0 radical (unpaired) electrons. The Morgan fingerprint density at radius 1 is 0.371 bits per heavy atom. The maximum absolute atomic E-state index is 12.0. The smallest absolute Gasteiger partial charge is 0.305 e. The molecule has 0 aliphatic carbocycles. The fraction of sp³-hybridized carbons (Fsp3) is 0.422. The average Bonchev–Trinajstić information content (AvgIpc) is 0.908. The summed E-state index contributed by atoms with van der Waals surface area (Å²) >= 11 is 0. The van der Waals surface area contributed by atoms with Gasteiger partial charge < -0.3 is 57.1 Å². The lowest BCUT2D eigenvalue weighted by molar-refractivity contribution is -0.141. The number of rotatable bonds is 36. The number of allylic oxidation sites excluding steroid dienone is 1. The Labute approximate surface area is 736 Å². The van der Waals surface area contributed by atoms with Crippen LogP contribution in [0.1, 0.15) is 320 Å². The Hall–Kier alpha value is -12.8. The van der Waals surface area contributed by atoms with Crippen molar-refractivity contribution in [3.8, 4) is 65.3 Å². The molecule has 6 aromatic carbocycles. The van der Waals surface area contributed by atoms with Crippen LogP contribution in [0.2, 0.25) is 0 Å². The summed E-state index contributed by atoms with van der Waals surface area (Å²) in [6.45, 7) is 23.7. The maximum Gasteiger partial charge on any atom is 0.305 e. The third-order valence-electron chi connectivity index (χ3n) is 18.2. The first-order valence-corrected chi connectivity index (χ1v) is 42.7. The summed E-state index contributed by atoms with van der Waals surface area (Å²) < 4.78 is 4.57. The molecule has 0 saturated heterocycles. The highest BCUT2D eigenvalue weighted by Gasteiger charge is 2.15. The molecule has 0 aromatic heterocycles. The number of methoxy groups -OCH3 is 1. The van der Waals surface area contributed by atoms with Gasteiger partial charge in [-0.05, 0) is 221 Å². The van der Waals surface area contributed by atoms with Crippen LogP contribution in [0.5, 0.6) is 0 Å². The number of Topliss-reactive ketones (excluding diaryl/α,β-unsaturated/α-hetero) is 1. The minimum absolute atomic E-state index is 0.0290. The van der Waals surface area contributed by atoms with Crippen LogP contribution < -0.4 is 31.9 Å². The summed E-state index contributed by atoms with van der Waals surface area (Å²) in [6, 6.07) is 46.0. The second kappa shape index (κ2) is 67.8. The zero-order valence-corrected chi connectivity index (χ0v) is 74.7. The number of esters is 1. The Bertz CT molecular complexity index is 4730. The number of aliphatic hydroxyl groups is 2. The summed E-state index contributed by atoms with van der Waals surface area (Å²) in [5.41, 5.74) is 8.50. The van der Waals surface area contributed by atoms with E-state index in [2.05, 4.69) is 102 Å². The van der Waals surface area contributed by atoms with Gasteiger partial charge in [0.15, 0.2) is 0 Å². The van der Waals surface area contributed by atoms with Gasteiger partial charge in [-0.2, -0.15) is 5.26 Å². The number of nitriles is 1. The number of nitrogens with zero attached hydrogens (tertiary/aromatic N) is 1. The summed E-state index contributed by atoms with van der Waals surface area (Å²) in [5.74, 6) is 27.4. The predicted octanol–water partition coefficient (Wildman–Crippen LogP) is 16.7. The van der Waals surface area contributed by atoms with E-state index in [1.165, 1.54) is 7.11 Å². The fourth-order valence-electron chi connectivity index (χ4n) is 9.85. The standard InChI is InChI=1S/C18H23NO3.C18H25NO3.C17H20N2O.C17H21NO3.C16H19NO3.C16H21NO2/c1-4-14(2)19-18(21)16-11-8-10-15(13-16)9-6-5-7-12-17(20)22-3;1-3-17(21)11-6-4-5-8-15-9-7-10-16(12-15)18(22)19-14(2)13-20;1-3-14(2)19-17(20)16-11-8-10-15(13-16)9-6-4-5-7-12-18;1-3-13(2)18-17(21)15-10-7-9-14(12-15)8-5-4-6-11-16(19)20;1-3-12(2)17-16(20)14-9-6-8-13(11-14)7-4-5-10-15(18)19;1-3-13(2)17-16(19)15-10-7-9-14(12-15)8-5-4-6-11-18/h8,10-11,13-14H,4-5,7,12H2,1-3H3,(H,19,21);5,7-10,12,14,20H,3-4,6,11,13H2,1-2H3,(H,19,22);8,10-11,13-14H,3-5,7H2,1-2H3,(H,19,20);7,9-10,12-13H,3-4,6,11H2,1-2H3,(H,18,21)(H,19,20);6,8-9,11-12H,3,5,10H2,1-2H3,(H,17,20)(H,18,19);7,9-10,12-13,18H,3-4,6,11H2,1-2H3,(H,17,19)/b;8-5-;;;;. The number of hydrogen-bond donors (Lipinski definition) is 10. The molecule has 0 saturated carbocycles. The third kappa shape index (κ3) is 53.1. The van der Waals surface area contributed by atoms with Crippen molar-refractivity contribution in [2.45, 2.75) is 261 Å². The average molecular weight is 1690 g/mol. The van der Waals surface area contributed by atoms with Crippen LogP contribution in [0, 0.1) is 70.5 Å². The molecule has 6 amide bonds. The van der Waals surface area contributed by atoms with Crippen molar-refractivity contribution in [1.82, 2.24) is 31.9 Å². The highest BCUT2D eigenvalue weighted by Crippen LogP contribution is 2.14. The molecule has 0 bridgehead atoms.